The highest BCUT2D eigenvalue weighted by atomic mass is 35.6. The van der Waals surface area contributed by atoms with E-state index in [-0.39, 0.29) is 5.92 Å². The van der Waals surface area contributed by atoms with Crippen LogP contribution < -0.4 is 0 Å². The summed E-state index contributed by atoms with van der Waals surface area (Å²) in [5, 5.41) is 0. The average molecular weight is 216 g/mol. The first-order valence-electron chi connectivity index (χ1n) is 4.08. The molecule has 0 nitrogen and oxygen atoms in total. The van der Waals surface area contributed by atoms with Crippen molar-refractivity contribution < 1.29 is 0 Å². The molecule has 0 amide bonds. The fourth-order valence-corrected chi connectivity index (χ4v) is 2.78. The predicted molar refractivity (Wildman–Crippen MR) is 51.4 cm³/mol. The van der Waals surface area contributed by atoms with Crippen molar-refractivity contribution >= 4 is 34.8 Å². The zero-order valence-corrected chi connectivity index (χ0v) is 8.88. The third-order valence-electron chi connectivity index (χ3n) is 2.53. The summed E-state index contributed by atoms with van der Waals surface area (Å²) >= 11 is 17.5. The van der Waals surface area contributed by atoms with Crippen molar-refractivity contribution in [3.8, 4) is 0 Å². The van der Waals surface area contributed by atoms with Gasteiger partial charge in [-0.1, -0.05) is 61.0 Å². The van der Waals surface area contributed by atoms with E-state index < -0.39 is 3.79 Å². The molecule has 0 radical (unpaired) electrons. The van der Waals surface area contributed by atoms with E-state index in [1.54, 1.807) is 0 Å². The van der Waals surface area contributed by atoms with E-state index >= 15 is 0 Å². The van der Waals surface area contributed by atoms with Gasteiger partial charge in [0, 0.05) is 5.92 Å². The lowest BCUT2D eigenvalue weighted by molar-refractivity contribution is 0.259. The van der Waals surface area contributed by atoms with E-state index in [1.807, 2.05) is 0 Å². The van der Waals surface area contributed by atoms with Gasteiger partial charge in [-0.2, -0.15) is 0 Å². The highest BCUT2D eigenvalue weighted by molar-refractivity contribution is 6.67. The van der Waals surface area contributed by atoms with Crippen LogP contribution in [0.15, 0.2) is 0 Å². The van der Waals surface area contributed by atoms with Gasteiger partial charge in [-0.05, 0) is 12.3 Å². The third-order valence-corrected chi connectivity index (χ3v) is 3.37. The van der Waals surface area contributed by atoms with Gasteiger partial charge in [0.2, 0.25) is 0 Å². The summed E-state index contributed by atoms with van der Waals surface area (Å²) in [6.45, 7) is 2.17. The second-order valence-electron chi connectivity index (χ2n) is 3.41. The topological polar surface area (TPSA) is 0 Å². The number of rotatable bonds is 0. The number of hydrogen-bond acceptors (Lipinski definition) is 0. The van der Waals surface area contributed by atoms with Crippen molar-refractivity contribution in [2.75, 3.05) is 0 Å². The molecule has 1 aliphatic rings. The molecule has 1 saturated carbocycles. The summed E-state index contributed by atoms with van der Waals surface area (Å²) in [5.74, 6) is 0.831. The molecule has 0 heterocycles. The smallest absolute Gasteiger partial charge is 0.0834 e. The Morgan fingerprint density at radius 1 is 1.09 bits per heavy atom. The van der Waals surface area contributed by atoms with Crippen LogP contribution in [0.1, 0.15) is 32.6 Å². The van der Waals surface area contributed by atoms with Gasteiger partial charge >= 0.3 is 0 Å². The zero-order chi connectivity index (χ0) is 8.48. The van der Waals surface area contributed by atoms with E-state index in [2.05, 4.69) is 6.92 Å². The minimum absolute atomic E-state index is 0.265. The van der Waals surface area contributed by atoms with Crippen molar-refractivity contribution in [1.29, 1.82) is 0 Å². The van der Waals surface area contributed by atoms with E-state index in [4.69, 9.17) is 34.8 Å². The molecule has 0 aliphatic heterocycles. The molecule has 11 heavy (non-hydrogen) atoms. The molecule has 2 atom stereocenters. The quantitative estimate of drug-likeness (QED) is 0.532. The molecule has 0 bridgehead atoms. The molecule has 0 saturated heterocycles. The minimum Gasteiger partial charge on any atom is -0.0834 e. The first-order valence-corrected chi connectivity index (χ1v) is 5.22. The number of hydrogen-bond donors (Lipinski definition) is 0. The maximum atomic E-state index is 5.84. The Morgan fingerprint density at radius 3 is 2.00 bits per heavy atom. The van der Waals surface area contributed by atoms with Crippen molar-refractivity contribution in [3.63, 3.8) is 0 Å². The molecular weight excluding hydrogens is 202 g/mol. The molecule has 0 N–H and O–H groups in total. The SMILES string of the molecule is C[C@H]1CCCCC1C(Cl)(Cl)Cl. The van der Waals surface area contributed by atoms with Crippen molar-refractivity contribution in [1.82, 2.24) is 0 Å². The lowest BCUT2D eigenvalue weighted by Gasteiger charge is -2.33. The molecule has 1 unspecified atom stereocenters. The lowest BCUT2D eigenvalue weighted by Crippen LogP contribution is -2.28. The van der Waals surface area contributed by atoms with Crippen LogP contribution in [0.5, 0.6) is 0 Å². The molecule has 1 aliphatic carbocycles. The third kappa shape index (κ3) is 2.68. The van der Waals surface area contributed by atoms with E-state index in [0.717, 1.165) is 6.42 Å². The normalized spacial score (nSPS) is 33.8. The fraction of sp³-hybridized carbons (Fsp3) is 1.00. The minimum atomic E-state index is -1.04. The first-order chi connectivity index (χ1) is 5.02. The van der Waals surface area contributed by atoms with Crippen LogP contribution in [0, 0.1) is 11.8 Å². The van der Waals surface area contributed by atoms with Gasteiger partial charge in [-0.15, -0.1) is 0 Å². The molecular formula is C8H13Cl3. The monoisotopic (exact) mass is 214 g/mol. The fourth-order valence-electron chi connectivity index (χ4n) is 1.80. The van der Waals surface area contributed by atoms with E-state index in [9.17, 15) is 0 Å². The number of alkyl halides is 3. The standard InChI is InChI=1S/C8H13Cl3/c1-6-4-2-3-5-7(6)8(9,10)11/h6-7H,2-5H2,1H3/t6-,7?/m0/s1. The van der Waals surface area contributed by atoms with Gasteiger partial charge < -0.3 is 0 Å². The Balaban J connectivity index is 2.55. The molecule has 66 valence electrons. The van der Waals surface area contributed by atoms with Crippen molar-refractivity contribution in [2.24, 2.45) is 11.8 Å². The maximum Gasteiger partial charge on any atom is 0.193 e. The van der Waals surface area contributed by atoms with Gasteiger partial charge in [0.05, 0.1) is 0 Å². The summed E-state index contributed by atoms with van der Waals surface area (Å²) in [4.78, 5) is 0. The van der Waals surface area contributed by atoms with Gasteiger partial charge in [-0.25, -0.2) is 0 Å². The van der Waals surface area contributed by atoms with Crippen LogP contribution in [0.4, 0.5) is 0 Å². The van der Waals surface area contributed by atoms with Crippen LogP contribution in [-0.2, 0) is 0 Å². The van der Waals surface area contributed by atoms with Crippen molar-refractivity contribution in [3.05, 3.63) is 0 Å². The molecule has 1 rings (SSSR count). The molecule has 1 fully saturated rings. The second-order valence-corrected chi connectivity index (χ2v) is 5.78. The lowest BCUT2D eigenvalue weighted by atomic mass is 9.81. The van der Waals surface area contributed by atoms with Crippen LogP contribution in [0.2, 0.25) is 0 Å². The summed E-state index contributed by atoms with van der Waals surface area (Å²) in [6, 6.07) is 0. The Labute approximate surface area is 83.2 Å². The Kier molecular flexibility index (Phi) is 3.37. The predicted octanol–water partition coefficient (Wildman–Crippen LogP) is 4.18. The van der Waals surface area contributed by atoms with Gasteiger partial charge in [-0.3, -0.25) is 0 Å². The summed E-state index contributed by atoms with van der Waals surface area (Å²) < 4.78 is -1.04. The van der Waals surface area contributed by atoms with Crippen LogP contribution >= 0.6 is 34.8 Å². The van der Waals surface area contributed by atoms with Gasteiger partial charge in [0.15, 0.2) is 3.79 Å². The molecule has 3 heteroatoms. The number of halogens is 3. The zero-order valence-electron chi connectivity index (χ0n) is 6.62. The Morgan fingerprint density at radius 2 is 1.64 bits per heavy atom. The van der Waals surface area contributed by atoms with Crippen LogP contribution in [-0.4, -0.2) is 3.79 Å². The van der Waals surface area contributed by atoms with Crippen LogP contribution in [0.25, 0.3) is 0 Å². The van der Waals surface area contributed by atoms with Gasteiger partial charge in [0.25, 0.3) is 0 Å². The summed E-state index contributed by atoms with van der Waals surface area (Å²) in [6.07, 6.45) is 4.78. The summed E-state index contributed by atoms with van der Waals surface area (Å²) in [7, 11) is 0. The largest absolute Gasteiger partial charge is 0.193 e. The first kappa shape index (κ1) is 9.95. The average Bonchev–Trinajstić information content (AvgIpc) is 1.86. The van der Waals surface area contributed by atoms with E-state index in [0.29, 0.717) is 5.92 Å². The molecule has 0 aromatic rings. The van der Waals surface area contributed by atoms with Gasteiger partial charge in [0.1, 0.15) is 0 Å². The highest BCUT2D eigenvalue weighted by Gasteiger charge is 2.37. The molecule has 0 spiro atoms. The Bertz CT molecular complexity index is 128. The second kappa shape index (κ2) is 3.72. The van der Waals surface area contributed by atoms with Crippen molar-refractivity contribution in [2.45, 2.75) is 36.4 Å². The maximum absolute atomic E-state index is 5.84. The summed E-state index contributed by atoms with van der Waals surface area (Å²) in [5.41, 5.74) is 0. The molecule has 0 aromatic heterocycles. The van der Waals surface area contributed by atoms with E-state index in [1.165, 1.54) is 19.3 Å². The Hall–Kier alpha value is 0.870. The highest BCUT2D eigenvalue weighted by Crippen LogP contribution is 2.45. The molecule has 0 aromatic carbocycles. The van der Waals surface area contributed by atoms with Crippen LogP contribution in [0.3, 0.4) is 0 Å².